The lowest BCUT2D eigenvalue weighted by molar-refractivity contribution is -0.139. The van der Waals surface area contributed by atoms with Crippen LogP contribution in [0.25, 0.3) is 0 Å². The number of carboxylic acid groups (broad SMARTS) is 1. The van der Waals surface area contributed by atoms with Crippen LogP contribution < -0.4 is 10.6 Å². The van der Waals surface area contributed by atoms with Crippen molar-refractivity contribution in [2.75, 3.05) is 6.61 Å². The van der Waals surface area contributed by atoms with Gasteiger partial charge in [0.15, 0.2) is 0 Å². The van der Waals surface area contributed by atoms with Crippen LogP contribution in [0.3, 0.4) is 0 Å². The van der Waals surface area contributed by atoms with Crippen LogP contribution in [0.15, 0.2) is 0 Å². The predicted octanol–water partition coefficient (Wildman–Crippen LogP) is 1.89. The fourth-order valence-corrected chi connectivity index (χ4v) is 2.62. The van der Waals surface area contributed by atoms with Crippen molar-refractivity contribution in [3.05, 3.63) is 0 Å². The first-order valence-corrected chi connectivity index (χ1v) is 7.40. The van der Waals surface area contributed by atoms with Gasteiger partial charge in [0, 0.05) is 12.6 Å². The van der Waals surface area contributed by atoms with Crippen LogP contribution in [-0.2, 0) is 9.53 Å². The Morgan fingerprint density at radius 1 is 1.35 bits per heavy atom. The second kappa shape index (κ2) is 7.47. The third kappa shape index (κ3) is 4.37. The van der Waals surface area contributed by atoms with Crippen molar-refractivity contribution in [2.24, 2.45) is 0 Å². The number of amides is 2. The molecule has 116 valence electrons. The van der Waals surface area contributed by atoms with Gasteiger partial charge in [-0.15, -0.1) is 0 Å². The molecule has 0 aromatic carbocycles. The number of hydrogen-bond donors (Lipinski definition) is 3. The average Bonchev–Trinajstić information content (AvgIpc) is 2.44. The van der Waals surface area contributed by atoms with Crippen LogP contribution in [-0.4, -0.2) is 41.4 Å². The van der Waals surface area contributed by atoms with Crippen molar-refractivity contribution in [3.63, 3.8) is 0 Å². The third-order valence-corrected chi connectivity index (χ3v) is 4.13. The molecule has 0 aromatic rings. The summed E-state index contributed by atoms with van der Waals surface area (Å²) in [6.45, 7) is 6.53. The van der Waals surface area contributed by atoms with Crippen LogP contribution in [0.4, 0.5) is 4.79 Å². The monoisotopic (exact) mass is 286 g/mol. The van der Waals surface area contributed by atoms with Crippen LogP contribution in [0.1, 0.15) is 52.9 Å². The first-order valence-electron chi connectivity index (χ1n) is 7.40. The van der Waals surface area contributed by atoms with Gasteiger partial charge in [-0.3, -0.25) is 0 Å². The summed E-state index contributed by atoms with van der Waals surface area (Å²) >= 11 is 0. The van der Waals surface area contributed by atoms with E-state index in [1.54, 1.807) is 6.92 Å². The van der Waals surface area contributed by atoms with Gasteiger partial charge >= 0.3 is 12.0 Å². The van der Waals surface area contributed by atoms with E-state index in [-0.39, 0.29) is 11.6 Å². The van der Waals surface area contributed by atoms with E-state index in [0.29, 0.717) is 13.0 Å². The molecule has 0 radical (unpaired) electrons. The Kier molecular flexibility index (Phi) is 6.26. The van der Waals surface area contributed by atoms with E-state index in [1.165, 1.54) is 0 Å². The topological polar surface area (TPSA) is 87.7 Å². The normalized spacial score (nSPS) is 22.9. The first kappa shape index (κ1) is 16.8. The molecule has 0 aliphatic carbocycles. The number of nitrogens with one attached hydrogen (secondary N) is 2. The van der Waals surface area contributed by atoms with Gasteiger partial charge in [0.2, 0.25) is 0 Å². The highest BCUT2D eigenvalue weighted by atomic mass is 16.5. The molecule has 2 unspecified atom stereocenters. The molecule has 20 heavy (non-hydrogen) atoms. The maximum atomic E-state index is 11.8. The van der Waals surface area contributed by atoms with Crippen molar-refractivity contribution in [1.29, 1.82) is 0 Å². The van der Waals surface area contributed by atoms with Crippen LogP contribution in [0, 0.1) is 0 Å². The van der Waals surface area contributed by atoms with Crippen molar-refractivity contribution in [2.45, 2.75) is 70.6 Å². The van der Waals surface area contributed by atoms with E-state index >= 15 is 0 Å². The Hall–Kier alpha value is -1.30. The Bertz CT molecular complexity index is 342. The molecule has 1 heterocycles. The van der Waals surface area contributed by atoms with Gasteiger partial charge in [0.05, 0.1) is 5.60 Å². The number of rotatable bonds is 6. The van der Waals surface area contributed by atoms with E-state index in [0.717, 1.165) is 25.7 Å². The molecule has 0 aromatic heterocycles. The summed E-state index contributed by atoms with van der Waals surface area (Å²) in [6, 6.07) is -1.21. The largest absolute Gasteiger partial charge is 0.480 e. The van der Waals surface area contributed by atoms with Gasteiger partial charge in [-0.2, -0.15) is 0 Å². The number of ether oxygens (including phenoxy) is 1. The zero-order chi connectivity index (χ0) is 15.2. The molecular formula is C14H26N2O4. The molecule has 2 amide bonds. The Morgan fingerprint density at radius 2 is 2.00 bits per heavy atom. The zero-order valence-corrected chi connectivity index (χ0v) is 12.6. The molecule has 6 nitrogen and oxygen atoms in total. The quantitative estimate of drug-likeness (QED) is 0.695. The summed E-state index contributed by atoms with van der Waals surface area (Å²) in [4.78, 5) is 22.7. The highest BCUT2D eigenvalue weighted by molar-refractivity contribution is 5.82. The molecule has 1 fully saturated rings. The van der Waals surface area contributed by atoms with E-state index in [9.17, 15) is 9.59 Å². The fraction of sp³-hybridized carbons (Fsp3) is 0.857. The predicted molar refractivity (Wildman–Crippen MR) is 75.7 cm³/mol. The second-order valence-electron chi connectivity index (χ2n) is 5.35. The Morgan fingerprint density at radius 3 is 2.50 bits per heavy atom. The number of urea groups is 1. The van der Waals surface area contributed by atoms with Gasteiger partial charge in [-0.1, -0.05) is 20.8 Å². The Labute approximate surface area is 120 Å². The van der Waals surface area contributed by atoms with E-state index in [4.69, 9.17) is 9.84 Å². The maximum Gasteiger partial charge on any atom is 0.326 e. The lowest BCUT2D eigenvalue weighted by atomic mass is 9.86. The number of hydrogen-bond acceptors (Lipinski definition) is 3. The molecule has 1 aliphatic rings. The molecule has 0 saturated carbocycles. The molecule has 2 atom stereocenters. The standard InChI is InChI=1S/C14H26N2O4/c1-4-11(12(17)18)16-13(19)15-10-7-8-20-14(5-2,6-3)9-10/h10-11H,4-9H2,1-3H3,(H,17,18)(H2,15,16,19). The SMILES string of the molecule is CCC(NC(=O)NC1CCOC(CC)(CC)C1)C(=O)O. The molecule has 1 saturated heterocycles. The molecule has 0 bridgehead atoms. The molecule has 1 rings (SSSR count). The minimum Gasteiger partial charge on any atom is -0.480 e. The molecule has 1 aliphatic heterocycles. The minimum absolute atomic E-state index is 0.0370. The van der Waals surface area contributed by atoms with Gasteiger partial charge in [0.25, 0.3) is 0 Å². The highest BCUT2D eigenvalue weighted by Crippen LogP contribution is 2.31. The van der Waals surface area contributed by atoms with E-state index in [2.05, 4.69) is 24.5 Å². The molecular weight excluding hydrogens is 260 g/mol. The lowest BCUT2D eigenvalue weighted by Crippen LogP contribution is -2.53. The zero-order valence-electron chi connectivity index (χ0n) is 12.6. The fourth-order valence-electron chi connectivity index (χ4n) is 2.62. The van der Waals surface area contributed by atoms with Gasteiger partial charge in [0.1, 0.15) is 6.04 Å². The summed E-state index contributed by atoms with van der Waals surface area (Å²) in [7, 11) is 0. The summed E-state index contributed by atoms with van der Waals surface area (Å²) < 4.78 is 5.85. The third-order valence-electron chi connectivity index (χ3n) is 4.13. The highest BCUT2D eigenvalue weighted by Gasteiger charge is 2.35. The van der Waals surface area contributed by atoms with Crippen LogP contribution in [0.2, 0.25) is 0 Å². The number of carbonyl (C=O) groups excluding carboxylic acids is 1. The van der Waals surface area contributed by atoms with Gasteiger partial charge < -0.3 is 20.5 Å². The second-order valence-corrected chi connectivity index (χ2v) is 5.35. The smallest absolute Gasteiger partial charge is 0.326 e. The molecule has 0 spiro atoms. The lowest BCUT2D eigenvalue weighted by Gasteiger charge is -2.40. The summed E-state index contributed by atoms with van der Waals surface area (Å²) in [5.74, 6) is -1.01. The van der Waals surface area contributed by atoms with E-state index < -0.39 is 18.0 Å². The molecule has 3 N–H and O–H groups in total. The van der Waals surface area contributed by atoms with Crippen LogP contribution in [0.5, 0.6) is 0 Å². The maximum absolute atomic E-state index is 11.8. The number of carboxylic acids is 1. The van der Waals surface area contributed by atoms with Crippen molar-refractivity contribution in [1.82, 2.24) is 10.6 Å². The summed E-state index contributed by atoms with van der Waals surface area (Å²) in [6.07, 6.45) is 3.73. The number of aliphatic carboxylic acids is 1. The van der Waals surface area contributed by atoms with Gasteiger partial charge in [-0.05, 0) is 32.1 Å². The van der Waals surface area contributed by atoms with Crippen LogP contribution >= 0.6 is 0 Å². The van der Waals surface area contributed by atoms with Crippen molar-refractivity contribution >= 4 is 12.0 Å². The van der Waals surface area contributed by atoms with E-state index in [1.807, 2.05) is 0 Å². The number of carbonyl (C=O) groups is 2. The Balaban J connectivity index is 2.51. The van der Waals surface area contributed by atoms with Gasteiger partial charge in [-0.25, -0.2) is 9.59 Å². The first-order chi connectivity index (χ1) is 9.46. The minimum atomic E-state index is -1.01. The average molecular weight is 286 g/mol. The summed E-state index contributed by atoms with van der Waals surface area (Å²) in [5, 5.41) is 14.3. The summed E-state index contributed by atoms with van der Waals surface area (Å²) in [5.41, 5.74) is -0.160. The van der Waals surface area contributed by atoms with Crippen molar-refractivity contribution < 1.29 is 19.4 Å². The molecule has 6 heteroatoms. The van der Waals surface area contributed by atoms with Crippen molar-refractivity contribution in [3.8, 4) is 0 Å².